The average Bonchev–Trinajstić information content (AvgIpc) is 2.49. The van der Waals surface area contributed by atoms with Crippen molar-refractivity contribution in [2.24, 2.45) is 0 Å². The molecule has 1 N–H and O–H groups in total. The maximum Gasteiger partial charge on any atom is 0.230 e. The van der Waals surface area contributed by atoms with E-state index >= 15 is 0 Å². The van der Waals surface area contributed by atoms with Crippen molar-refractivity contribution in [2.75, 3.05) is 6.54 Å². The molecule has 1 aliphatic carbocycles. The fourth-order valence-electron chi connectivity index (χ4n) is 2.97. The van der Waals surface area contributed by atoms with Crippen LogP contribution in [-0.4, -0.2) is 17.4 Å². The van der Waals surface area contributed by atoms with Crippen molar-refractivity contribution in [1.82, 2.24) is 10.3 Å². The molecule has 0 spiro atoms. The Kier molecular flexibility index (Phi) is 4.57. The lowest BCUT2D eigenvalue weighted by Gasteiger charge is -2.40. The molecular weight excluding hydrogens is 340 g/mol. The smallest absolute Gasteiger partial charge is 0.230 e. The van der Waals surface area contributed by atoms with Gasteiger partial charge in [0, 0.05) is 29.3 Å². The average molecular weight is 359 g/mol. The summed E-state index contributed by atoms with van der Waals surface area (Å²) in [6, 6.07) is 14.0. The Hall–Kier alpha value is -1.68. The zero-order chi connectivity index (χ0) is 15.4. The zero-order valence-electron chi connectivity index (χ0n) is 12.4. The third kappa shape index (κ3) is 3.07. The van der Waals surface area contributed by atoms with Gasteiger partial charge in [0.15, 0.2) is 0 Å². The van der Waals surface area contributed by atoms with Gasteiger partial charge in [0.2, 0.25) is 5.91 Å². The Morgan fingerprint density at radius 1 is 1.18 bits per heavy atom. The normalized spacial score (nSPS) is 15.9. The van der Waals surface area contributed by atoms with Crippen LogP contribution in [0.5, 0.6) is 0 Å². The summed E-state index contributed by atoms with van der Waals surface area (Å²) in [6.45, 7) is 0.633. The highest BCUT2D eigenvalue weighted by atomic mass is 79.9. The van der Waals surface area contributed by atoms with Gasteiger partial charge in [-0.15, -0.1) is 0 Å². The highest BCUT2D eigenvalue weighted by Gasteiger charge is 2.45. The van der Waals surface area contributed by atoms with Gasteiger partial charge in [0.1, 0.15) is 0 Å². The number of nitrogens with zero attached hydrogens (tertiary/aromatic N) is 1. The van der Waals surface area contributed by atoms with Crippen LogP contribution >= 0.6 is 15.9 Å². The lowest BCUT2D eigenvalue weighted by Crippen LogP contribution is -2.49. The van der Waals surface area contributed by atoms with Crippen LogP contribution in [0.3, 0.4) is 0 Å². The Bertz CT molecular complexity index is 636. The van der Waals surface area contributed by atoms with Crippen molar-refractivity contribution in [2.45, 2.75) is 31.1 Å². The number of hydrogen-bond acceptors (Lipinski definition) is 2. The lowest BCUT2D eigenvalue weighted by molar-refractivity contribution is -0.129. The summed E-state index contributed by atoms with van der Waals surface area (Å²) in [7, 11) is 0. The van der Waals surface area contributed by atoms with Gasteiger partial charge >= 0.3 is 0 Å². The van der Waals surface area contributed by atoms with Crippen molar-refractivity contribution >= 4 is 21.8 Å². The van der Waals surface area contributed by atoms with E-state index in [0.29, 0.717) is 6.54 Å². The number of nitrogens with one attached hydrogen (secondary N) is 1. The van der Waals surface area contributed by atoms with E-state index in [4.69, 9.17) is 0 Å². The molecule has 3 nitrogen and oxygen atoms in total. The molecule has 0 radical (unpaired) electrons. The summed E-state index contributed by atoms with van der Waals surface area (Å²) in [5.74, 6) is 0.150. The summed E-state index contributed by atoms with van der Waals surface area (Å²) in [5.41, 5.74) is 1.80. The van der Waals surface area contributed by atoms with E-state index < -0.39 is 0 Å². The van der Waals surface area contributed by atoms with Crippen molar-refractivity contribution in [3.05, 3.63) is 64.4 Å². The molecule has 1 amide bonds. The van der Waals surface area contributed by atoms with Crippen molar-refractivity contribution in [1.29, 1.82) is 0 Å². The third-order valence-corrected chi connectivity index (χ3v) is 4.96. The number of carbonyl (C=O) groups excluding carboxylic acids is 1. The van der Waals surface area contributed by atoms with E-state index in [-0.39, 0.29) is 11.3 Å². The minimum atomic E-state index is -0.329. The Morgan fingerprint density at radius 2 is 1.95 bits per heavy atom. The van der Waals surface area contributed by atoms with Gasteiger partial charge in [-0.3, -0.25) is 9.78 Å². The molecule has 0 atom stereocenters. The molecule has 4 heteroatoms. The van der Waals surface area contributed by atoms with Crippen LogP contribution in [0, 0.1) is 0 Å². The fourth-order valence-corrected chi connectivity index (χ4v) is 3.23. The maximum atomic E-state index is 12.7. The molecule has 0 aliphatic heterocycles. The van der Waals surface area contributed by atoms with Gasteiger partial charge in [-0.25, -0.2) is 0 Å². The number of halogens is 1. The minimum absolute atomic E-state index is 0.150. The highest BCUT2D eigenvalue weighted by molar-refractivity contribution is 9.10. The van der Waals surface area contributed by atoms with Crippen LogP contribution in [0.2, 0.25) is 0 Å². The summed E-state index contributed by atoms with van der Waals surface area (Å²) in [6.07, 6.45) is 5.53. The monoisotopic (exact) mass is 358 g/mol. The van der Waals surface area contributed by atoms with Crippen LogP contribution < -0.4 is 5.32 Å². The van der Waals surface area contributed by atoms with Crippen LogP contribution in [0.25, 0.3) is 0 Å². The number of benzene rings is 1. The predicted molar refractivity (Wildman–Crippen MR) is 90.6 cm³/mol. The second-order valence-electron chi connectivity index (χ2n) is 5.77. The molecule has 0 unspecified atom stereocenters. The molecule has 0 bridgehead atoms. The molecule has 2 aromatic rings. The van der Waals surface area contributed by atoms with Crippen molar-refractivity contribution in [3.63, 3.8) is 0 Å². The fraction of sp³-hybridized carbons (Fsp3) is 0.333. The van der Waals surface area contributed by atoms with E-state index in [9.17, 15) is 4.79 Å². The molecule has 3 rings (SSSR count). The first-order valence-corrected chi connectivity index (χ1v) is 8.44. The van der Waals surface area contributed by atoms with Crippen LogP contribution in [0.4, 0.5) is 0 Å². The SMILES string of the molecule is O=C(NCCc1ccccn1)C1(c2ccc(Br)cc2)CCC1. The second-order valence-corrected chi connectivity index (χ2v) is 6.69. The molecule has 114 valence electrons. The first-order valence-electron chi connectivity index (χ1n) is 7.65. The zero-order valence-corrected chi connectivity index (χ0v) is 14.0. The number of amides is 1. The summed E-state index contributed by atoms with van der Waals surface area (Å²) < 4.78 is 1.04. The minimum Gasteiger partial charge on any atom is -0.355 e. The van der Waals surface area contributed by atoms with E-state index in [1.165, 1.54) is 0 Å². The molecule has 1 aliphatic rings. The van der Waals surface area contributed by atoms with E-state index in [1.54, 1.807) is 6.20 Å². The summed E-state index contributed by atoms with van der Waals surface area (Å²) in [5, 5.41) is 3.10. The van der Waals surface area contributed by atoms with E-state index in [1.807, 2.05) is 30.3 Å². The first kappa shape index (κ1) is 15.2. The van der Waals surface area contributed by atoms with Crippen molar-refractivity contribution < 1.29 is 4.79 Å². The number of hydrogen-bond donors (Lipinski definition) is 1. The lowest BCUT2D eigenvalue weighted by atomic mass is 9.64. The first-order chi connectivity index (χ1) is 10.7. The standard InChI is InChI=1S/C18H19BrN2O/c19-15-7-5-14(6-8-15)18(10-3-11-18)17(22)21-13-9-16-4-1-2-12-20-16/h1-2,4-8,12H,3,9-11,13H2,(H,21,22). The molecular formula is C18H19BrN2O. The van der Waals surface area contributed by atoms with Crippen LogP contribution in [0.15, 0.2) is 53.1 Å². The third-order valence-electron chi connectivity index (χ3n) is 4.43. The van der Waals surface area contributed by atoms with Crippen LogP contribution in [0.1, 0.15) is 30.5 Å². The Labute approximate surface area is 139 Å². The topological polar surface area (TPSA) is 42.0 Å². The second kappa shape index (κ2) is 6.61. The van der Waals surface area contributed by atoms with Gasteiger partial charge in [0.05, 0.1) is 5.41 Å². The van der Waals surface area contributed by atoms with Gasteiger partial charge in [-0.2, -0.15) is 0 Å². The maximum absolute atomic E-state index is 12.7. The predicted octanol–water partition coefficient (Wildman–Crippen LogP) is 3.62. The van der Waals surface area contributed by atoms with E-state index in [0.717, 1.165) is 41.4 Å². The van der Waals surface area contributed by atoms with Gasteiger partial charge in [-0.1, -0.05) is 40.5 Å². The number of rotatable bonds is 5. The summed E-state index contributed by atoms with van der Waals surface area (Å²) in [4.78, 5) is 17.0. The molecule has 0 saturated heterocycles. The summed E-state index contributed by atoms with van der Waals surface area (Å²) >= 11 is 3.45. The molecule has 1 aromatic carbocycles. The molecule has 1 aromatic heterocycles. The number of carbonyl (C=O) groups is 1. The Morgan fingerprint density at radius 3 is 2.55 bits per heavy atom. The molecule has 1 saturated carbocycles. The highest BCUT2D eigenvalue weighted by Crippen LogP contribution is 2.44. The van der Waals surface area contributed by atoms with Gasteiger partial charge in [-0.05, 0) is 42.7 Å². The largest absolute Gasteiger partial charge is 0.355 e. The van der Waals surface area contributed by atoms with E-state index in [2.05, 4.69) is 38.4 Å². The van der Waals surface area contributed by atoms with Crippen LogP contribution in [-0.2, 0) is 16.6 Å². The quantitative estimate of drug-likeness (QED) is 0.886. The molecule has 1 fully saturated rings. The molecule has 22 heavy (non-hydrogen) atoms. The Balaban J connectivity index is 1.63. The number of aromatic nitrogens is 1. The van der Waals surface area contributed by atoms with Gasteiger partial charge < -0.3 is 5.32 Å². The van der Waals surface area contributed by atoms with Crippen molar-refractivity contribution in [3.8, 4) is 0 Å². The number of pyridine rings is 1. The van der Waals surface area contributed by atoms with Gasteiger partial charge in [0.25, 0.3) is 0 Å². The molecule has 1 heterocycles.